The molecule has 0 bridgehead atoms. The fourth-order valence-corrected chi connectivity index (χ4v) is 4.43. The maximum Gasteiger partial charge on any atom is 0.305 e. The Hall–Kier alpha value is -0.650. The monoisotopic (exact) mass is 470 g/mol. The molecule has 2 atom stereocenters. The van der Waals surface area contributed by atoms with Gasteiger partial charge in [0.25, 0.3) is 0 Å². The van der Waals surface area contributed by atoms with E-state index in [0.717, 1.165) is 13.0 Å². The van der Waals surface area contributed by atoms with Crippen LogP contribution in [0.2, 0.25) is 0 Å². The van der Waals surface area contributed by atoms with Crippen molar-refractivity contribution in [2.75, 3.05) is 26.4 Å². The van der Waals surface area contributed by atoms with Gasteiger partial charge in [-0.05, 0) is 20.3 Å². The summed E-state index contributed by atoms with van der Waals surface area (Å²) >= 11 is 0. The molecule has 0 aliphatic carbocycles. The van der Waals surface area contributed by atoms with Crippen molar-refractivity contribution in [3.8, 4) is 0 Å². The van der Waals surface area contributed by atoms with Crippen molar-refractivity contribution in [2.24, 2.45) is 0 Å². The normalized spacial score (nSPS) is 20.4. The molecule has 1 heterocycles. The SMILES string of the molecule is CCCCCCCCCCCCCCCCCCOCC1COC(C)(CCC(=O)OCC)O1. The Morgan fingerprint density at radius 2 is 1.33 bits per heavy atom. The van der Waals surface area contributed by atoms with Crippen molar-refractivity contribution in [3.05, 3.63) is 0 Å². The van der Waals surface area contributed by atoms with Crippen LogP contribution in [0.1, 0.15) is 136 Å². The summed E-state index contributed by atoms with van der Waals surface area (Å²) in [6, 6.07) is 0. The second kappa shape index (κ2) is 20.7. The second-order valence-electron chi connectivity index (χ2n) is 9.87. The first-order valence-corrected chi connectivity index (χ1v) is 14.1. The van der Waals surface area contributed by atoms with Gasteiger partial charge in [0.1, 0.15) is 6.10 Å². The van der Waals surface area contributed by atoms with Crippen LogP contribution in [-0.4, -0.2) is 44.3 Å². The first-order valence-electron chi connectivity index (χ1n) is 14.1. The van der Waals surface area contributed by atoms with Gasteiger partial charge < -0.3 is 18.9 Å². The van der Waals surface area contributed by atoms with Gasteiger partial charge in [-0.3, -0.25) is 4.79 Å². The molecule has 0 aromatic heterocycles. The lowest BCUT2D eigenvalue weighted by Gasteiger charge is -2.22. The van der Waals surface area contributed by atoms with Gasteiger partial charge in [-0.25, -0.2) is 0 Å². The Labute approximate surface area is 204 Å². The van der Waals surface area contributed by atoms with E-state index in [2.05, 4.69) is 6.92 Å². The molecule has 5 nitrogen and oxygen atoms in total. The van der Waals surface area contributed by atoms with Crippen molar-refractivity contribution in [1.29, 1.82) is 0 Å². The maximum atomic E-state index is 11.5. The van der Waals surface area contributed by atoms with E-state index in [0.29, 0.717) is 32.7 Å². The minimum absolute atomic E-state index is 0.0433. The standard InChI is InChI=1S/C28H54O5/c1-4-6-7-8-9-10-11-12-13-14-15-16-17-18-19-20-23-30-24-26-25-32-28(3,33-26)22-21-27(29)31-5-2/h26H,4-25H2,1-3H3. The van der Waals surface area contributed by atoms with Gasteiger partial charge in [0.05, 0.1) is 26.2 Å². The molecular weight excluding hydrogens is 416 g/mol. The van der Waals surface area contributed by atoms with E-state index in [9.17, 15) is 4.79 Å². The molecular formula is C28H54O5. The summed E-state index contributed by atoms with van der Waals surface area (Å²) in [6.45, 7) is 8.28. The molecule has 1 fully saturated rings. The topological polar surface area (TPSA) is 54.0 Å². The molecule has 0 N–H and O–H groups in total. The number of carbonyl (C=O) groups is 1. The Kier molecular flexibility index (Phi) is 19.1. The third kappa shape index (κ3) is 17.4. The van der Waals surface area contributed by atoms with E-state index in [1.165, 1.54) is 96.3 Å². The minimum Gasteiger partial charge on any atom is -0.466 e. The van der Waals surface area contributed by atoms with Gasteiger partial charge in [0.15, 0.2) is 5.79 Å². The zero-order valence-corrected chi connectivity index (χ0v) is 22.2. The summed E-state index contributed by atoms with van der Waals surface area (Å²) in [7, 11) is 0. The molecule has 0 radical (unpaired) electrons. The fourth-order valence-electron chi connectivity index (χ4n) is 4.43. The smallest absolute Gasteiger partial charge is 0.305 e. The molecule has 1 rings (SSSR count). The number of hydrogen-bond donors (Lipinski definition) is 0. The number of unbranched alkanes of at least 4 members (excludes halogenated alkanes) is 15. The number of ether oxygens (including phenoxy) is 4. The van der Waals surface area contributed by atoms with Crippen molar-refractivity contribution in [3.63, 3.8) is 0 Å². The Morgan fingerprint density at radius 3 is 1.85 bits per heavy atom. The van der Waals surface area contributed by atoms with Gasteiger partial charge in [0, 0.05) is 13.0 Å². The average Bonchev–Trinajstić information content (AvgIpc) is 3.18. The molecule has 2 unspecified atom stereocenters. The van der Waals surface area contributed by atoms with Crippen molar-refractivity contribution in [2.45, 2.75) is 148 Å². The van der Waals surface area contributed by atoms with Crippen LogP contribution in [-0.2, 0) is 23.7 Å². The van der Waals surface area contributed by atoms with E-state index < -0.39 is 5.79 Å². The zero-order chi connectivity index (χ0) is 24.0. The van der Waals surface area contributed by atoms with E-state index in [1.807, 2.05) is 13.8 Å². The molecule has 5 heteroatoms. The number of hydrogen-bond acceptors (Lipinski definition) is 5. The van der Waals surface area contributed by atoms with Gasteiger partial charge in [-0.2, -0.15) is 0 Å². The summed E-state index contributed by atoms with van der Waals surface area (Å²) in [6.07, 6.45) is 22.9. The van der Waals surface area contributed by atoms with Crippen LogP contribution in [0, 0.1) is 0 Å². The van der Waals surface area contributed by atoms with Crippen LogP contribution in [0.25, 0.3) is 0 Å². The summed E-state index contributed by atoms with van der Waals surface area (Å²) in [5.74, 6) is -0.899. The lowest BCUT2D eigenvalue weighted by molar-refractivity contribution is -0.171. The number of carbonyl (C=O) groups excluding carboxylic acids is 1. The van der Waals surface area contributed by atoms with E-state index >= 15 is 0 Å². The van der Waals surface area contributed by atoms with Crippen molar-refractivity contribution < 1.29 is 23.7 Å². The highest BCUT2D eigenvalue weighted by Crippen LogP contribution is 2.28. The number of rotatable bonds is 23. The molecule has 1 aliphatic rings. The second-order valence-corrected chi connectivity index (χ2v) is 9.87. The summed E-state index contributed by atoms with van der Waals surface area (Å²) in [5, 5.41) is 0. The molecule has 0 spiro atoms. The zero-order valence-electron chi connectivity index (χ0n) is 22.2. The number of esters is 1. The Morgan fingerprint density at radius 1 is 0.818 bits per heavy atom. The quantitative estimate of drug-likeness (QED) is 0.113. The van der Waals surface area contributed by atoms with E-state index in [4.69, 9.17) is 18.9 Å². The highest BCUT2D eigenvalue weighted by molar-refractivity contribution is 5.69. The predicted octanol–water partition coefficient (Wildman–Crippen LogP) is 7.74. The molecule has 0 aromatic carbocycles. The maximum absolute atomic E-state index is 11.5. The van der Waals surface area contributed by atoms with Crippen LogP contribution >= 0.6 is 0 Å². The molecule has 1 aliphatic heterocycles. The molecule has 0 amide bonds. The predicted molar refractivity (Wildman–Crippen MR) is 135 cm³/mol. The third-order valence-corrected chi connectivity index (χ3v) is 6.53. The average molecular weight is 471 g/mol. The first kappa shape index (κ1) is 30.4. The van der Waals surface area contributed by atoms with Crippen LogP contribution in [0.3, 0.4) is 0 Å². The third-order valence-electron chi connectivity index (χ3n) is 6.53. The highest BCUT2D eigenvalue weighted by atomic mass is 16.7. The molecule has 0 saturated carbocycles. The van der Waals surface area contributed by atoms with Crippen LogP contribution in [0.15, 0.2) is 0 Å². The first-order chi connectivity index (χ1) is 16.1. The summed E-state index contributed by atoms with van der Waals surface area (Å²) < 4.78 is 22.5. The summed E-state index contributed by atoms with van der Waals surface area (Å²) in [5.41, 5.74) is 0. The van der Waals surface area contributed by atoms with Crippen LogP contribution in [0.4, 0.5) is 0 Å². The Bertz CT molecular complexity index is 456. The fraction of sp³-hybridized carbons (Fsp3) is 0.964. The molecule has 0 aromatic rings. The Balaban J connectivity index is 1.81. The van der Waals surface area contributed by atoms with E-state index in [-0.39, 0.29) is 12.1 Å². The van der Waals surface area contributed by atoms with Gasteiger partial charge in [0.2, 0.25) is 0 Å². The molecule has 33 heavy (non-hydrogen) atoms. The largest absolute Gasteiger partial charge is 0.466 e. The van der Waals surface area contributed by atoms with Crippen molar-refractivity contribution >= 4 is 5.97 Å². The molecule has 1 saturated heterocycles. The van der Waals surface area contributed by atoms with Crippen molar-refractivity contribution in [1.82, 2.24) is 0 Å². The van der Waals surface area contributed by atoms with Crippen LogP contribution in [0.5, 0.6) is 0 Å². The van der Waals surface area contributed by atoms with E-state index in [1.54, 1.807) is 0 Å². The lowest BCUT2D eigenvalue weighted by Crippen LogP contribution is -2.29. The van der Waals surface area contributed by atoms with Gasteiger partial charge in [-0.1, -0.05) is 103 Å². The lowest BCUT2D eigenvalue weighted by atomic mass is 10.0. The minimum atomic E-state index is -0.699. The summed E-state index contributed by atoms with van der Waals surface area (Å²) in [4.78, 5) is 11.5. The van der Waals surface area contributed by atoms with Gasteiger partial charge >= 0.3 is 5.97 Å². The van der Waals surface area contributed by atoms with Crippen LogP contribution < -0.4 is 0 Å². The van der Waals surface area contributed by atoms with Gasteiger partial charge in [-0.15, -0.1) is 0 Å². The highest BCUT2D eigenvalue weighted by Gasteiger charge is 2.37. The molecule has 196 valence electrons.